The van der Waals surface area contributed by atoms with Gasteiger partial charge in [0.15, 0.2) is 0 Å². The fraction of sp³-hybridized carbons (Fsp3) is 0.500. The van der Waals surface area contributed by atoms with Crippen LogP contribution in [0.4, 0.5) is 5.69 Å². The largest absolute Gasteiger partial charge is 0.311 e. The molecule has 0 saturated heterocycles. The maximum atomic E-state index is 12.3. The number of amides is 1. The van der Waals surface area contributed by atoms with Gasteiger partial charge in [-0.05, 0) is 23.8 Å². The molecular weight excluding hydrogens is 298 g/mol. The van der Waals surface area contributed by atoms with Crippen LogP contribution in [0.1, 0.15) is 33.3 Å². The number of hydrogen-bond donors (Lipinski definition) is 0. The highest BCUT2D eigenvalue weighted by Crippen LogP contribution is 2.42. The molecule has 0 N–H and O–H groups in total. The van der Waals surface area contributed by atoms with Crippen LogP contribution >= 0.6 is 10.7 Å². The zero-order valence-corrected chi connectivity index (χ0v) is 13.5. The molecule has 2 rings (SSSR count). The second-order valence-electron chi connectivity index (χ2n) is 6.08. The number of hydrogen-bond acceptors (Lipinski definition) is 3. The first-order valence-corrected chi connectivity index (χ1v) is 8.75. The highest BCUT2D eigenvalue weighted by atomic mass is 35.7. The van der Waals surface area contributed by atoms with E-state index >= 15 is 0 Å². The first-order chi connectivity index (χ1) is 9.04. The van der Waals surface area contributed by atoms with Crippen molar-refractivity contribution in [1.29, 1.82) is 0 Å². The van der Waals surface area contributed by atoms with E-state index in [4.69, 9.17) is 10.7 Å². The Morgan fingerprint density at radius 3 is 2.45 bits per heavy atom. The lowest BCUT2D eigenvalue weighted by atomic mass is 9.87. The number of nitrogens with zero attached hydrogens (tertiary/aromatic N) is 1. The second kappa shape index (κ2) is 4.74. The lowest BCUT2D eigenvalue weighted by molar-refractivity contribution is -0.121. The molecule has 0 fully saturated rings. The first kappa shape index (κ1) is 15.3. The Kier molecular flexibility index (Phi) is 3.63. The fourth-order valence-electron chi connectivity index (χ4n) is 2.52. The summed E-state index contributed by atoms with van der Waals surface area (Å²) in [7, 11) is 1.63. The van der Waals surface area contributed by atoms with Gasteiger partial charge in [0.1, 0.15) is 0 Å². The number of carbonyl (C=O) groups excluding carboxylic acids is 1. The van der Waals surface area contributed by atoms with Gasteiger partial charge in [-0.3, -0.25) is 4.79 Å². The molecule has 0 spiro atoms. The molecule has 0 bridgehead atoms. The molecule has 1 aromatic rings. The van der Waals surface area contributed by atoms with E-state index < -0.39 is 9.05 Å². The van der Waals surface area contributed by atoms with Crippen molar-refractivity contribution in [1.82, 2.24) is 0 Å². The average Bonchev–Trinajstić information content (AvgIpc) is 2.59. The third-order valence-corrected chi connectivity index (χ3v) is 4.93. The van der Waals surface area contributed by atoms with E-state index in [2.05, 4.69) is 0 Å². The molecule has 1 aliphatic heterocycles. The van der Waals surface area contributed by atoms with Crippen LogP contribution in [-0.4, -0.2) is 20.9 Å². The Morgan fingerprint density at radius 2 is 1.95 bits per heavy atom. The van der Waals surface area contributed by atoms with E-state index in [-0.39, 0.29) is 22.1 Å². The minimum Gasteiger partial charge on any atom is -0.311 e. The van der Waals surface area contributed by atoms with Crippen molar-refractivity contribution in [3.63, 3.8) is 0 Å². The zero-order valence-electron chi connectivity index (χ0n) is 12.0. The number of halogens is 1. The van der Waals surface area contributed by atoms with E-state index in [1.807, 2.05) is 27.7 Å². The van der Waals surface area contributed by atoms with Gasteiger partial charge in [0, 0.05) is 34.2 Å². The maximum absolute atomic E-state index is 12.3. The van der Waals surface area contributed by atoms with Crippen LogP contribution in [0.25, 0.3) is 0 Å². The molecule has 0 atom stereocenters. The Balaban J connectivity index is 2.57. The summed E-state index contributed by atoms with van der Waals surface area (Å²) in [6, 6.07) is 4.69. The predicted octanol–water partition coefficient (Wildman–Crippen LogP) is 2.89. The molecule has 1 aromatic carbocycles. The number of rotatable bonds is 2. The van der Waals surface area contributed by atoms with Crippen LogP contribution in [0.5, 0.6) is 0 Å². The summed E-state index contributed by atoms with van der Waals surface area (Å²) in [6.45, 7) is 8.23. The number of carbonyl (C=O) groups is 1. The molecule has 1 aliphatic rings. The van der Waals surface area contributed by atoms with Gasteiger partial charge < -0.3 is 4.90 Å². The molecule has 0 aliphatic carbocycles. The number of anilines is 1. The highest BCUT2D eigenvalue weighted by Gasteiger charge is 2.39. The van der Waals surface area contributed by atoms with Crippen molar-refractivity contribution in [2.75, 3.05) is 11.4 Å². The van der Waals surface area contributed by atoms with Gasteiger partial charge in [-0.25, -0.2) is 8.42 Å². The lowest BCUT2D eigenvalue weighted by Crippen LogP contribution is -2.36. The molecule has 0 aromatic heterocycles. The smallest absolute Gasteiger partial charge is 0.261 e. The van der Waals surface area contributed by atoms with Crippen LogP contribution in [-0.2, 0) is 19.3 Å². The van der Waals surface area contributed by atoms with E-state index in [1.165, 1.54) is 6.07 Å². The van der Waals surface area contributed by atoms with Crippen molar-refractivity contribution < 1.29 is 13.2 Å². The summed E-state index contributed by atoms with van der Waals surface area (Å²) in [6.07, 6.45) is 0. The van der Waals surface area contributed by atoms with Gasteiger partial charge in [-0.1, -0.05) is 27.7 Å². The van der Waals surface area contributed by atoms with Crippen molar-refractivity contribution in [3.05, 3.63) is 23.8 Å². The minimum absolute atomic E-state index is 0.0401. The van der Waals surface area contributed by atoms with E-state index in [0.29, 0.717) is 6.54 Å². The van der Waals surface area contributed by atoms with E-state index in [1.54, 1.807) is 17.0 Å². The van der Waals surface area contributed by atoms with Crippen LogP contribution in [0, 0.1) is 5.92 Å². The molecule has 20 heavy (non-hydrogen) atoms. The number of benzene rings is 1. The Bertz CT molecular complexity index is 665. The number of fused-ring (bicyclic) bond motifs is 1. The summed E-state index contributed by atoms with van der Waals surface area (Å²) in [5.41, 5.74) is 1.32. The van der Waals surface area contributed by atoms with E-state index in [0.717, 1.165) is 11.3 Å². The van der Waals surface area contributed by atoms with Gasteiger partial charge >= 0.3 is 0 Å². The third kappa shape index (κ3) is 2.56. The Hall–Kier alpha value is -1.07. The lowest BCUT2D eigenvalue weighted by Gasteiger charge is -2.22. The molecule has 0 radical (unpaired) electrons. The summed E-state index contributed by atoms with van der Waals surface area (Å²) >= 11 is 0. The fourth-order valence-corrected chi connectivity index (χ4v) is 3.30. The van der Waals surface area contributed by atoms with Crippen molar-refractivity contribution in [3.8, 4) is 0 Å². The molecular formula is C14H18ClNO3S. The second-order valence-corrected chi connectivity index (χ2v) is 8.65. The summed E-state index contributed by atoms with van der Waals surface area (Å²) < 4.78 is 22.9. The first-order valence-electron chi connectivity index (χ1n) is 6.44. The van der Waals surface area contributed by atoms with Crippen molar-refractivity contribution in [2.24, 2.45) is 5.92 Å². The van der Waals surface area contributed by atoms with Crippen LogP contribution in [0.15, 0.2) is 23.1 Å². The summed E-state index contributed by atoms with van der Waals surface area (Å²) in [5, 5.41) is 0. The van der Waals surface area contributed by atoms with Crippen LogP contribution in [0.2, 0.25) is 0 Å². The molecule has 0 saturated carbocycles. The standard InChI is InChI=1S/C14H18ClNO3S/c1-9(2)13(17)16-8-14(3,4)11-7-10(20(15,18)19)5-6-12(11)16/h5-7,9H,8H2,1-4H3. The minimum atomic E-state index is -3.76. The Morgan fingerprint density at radius 1 is 1.35 bits per heavy atom. The summed E-state index contributed by atoms with van der Waals surface area (Å²) in [4.78, 5) is 14.1. The average molecular weight is 316 g/mol. The monoisotopic (exact) mass is 315 g/mol. The van der Waals surface area contributed by atoms with Crippen LogP contribution < -0.4 is 4.90 Å². The van der Waals surface area contributed by atoms with Gasteiger partial charge in [0.05, 0.1) is 4.90 Å². The maximum Gasteiger partial charge on any atom is 0.261 e. The van der Waals surface area contributed by atoms with Gasteiger partial charge in [-0.15, -0.1) is 0 Å². The van der Waals surface area contributed by atoms with E-state index in [9.17, 15) is 13.2 Å². The van der Waals surface area contributed by atoms with Crippen molar-refractivity contribution in [2.45, 2.75) is 38.0 Å². The highest BCUT2D eigenvalue weighted by molar-refractivity contribution is 8.13. The molecule has 1 heterocycles. The Labute approximate surface area is 124 Å². The quantitative estimate of drug-likeness (QED) is 0.789. The normalized spacial score (nSPS) is 17.4. The van der Waals surface area contributed by atoms with Gasteiger partial charge in [0.25, 0.3) is 9.05 Å². The molecule has 1 amide bonds. The SMILES string of the molecule is CC(C)C(=O)N1CC(C)(C)c2cc(S(=O)(=O)Cl)ccc21. The van der Waals surface area contributed by atoms with Crippen LogP contribution in [0.3, 0.4) is 0 Å². The molecule has 0 unspecified atom stereocenters. The van der Waals surface area contributed by atoms with Gasteiger partial charge in [0.2, 0.25) is 5.91 Å². The molecule has 4 nitrogen and oxygen atoms in total. The van der Waals surface area contributed by atoms with Crippen molar-refractivity contribution >= 4 is 31.3 Å². The van der Waals surface area contributed by atoms with Gasteiger partial charge in [-0.2, -0.15) is 0 Å². The molecule has 6 heteroatoms. The predicted molar refractivity (Wildman–Crippen MR) is 79.7 cm³/mol. The topological polar surface area (TPSA) is 54.5 Å². The zero-order chi connectivity index (χ0) is 15.3. The summed E-state index contributed by atoms with van der Waals surface area (Å²) in [5.74, 6) is -0.0634. The third-order valence-electron chi connectivity index (χ3n) is 3.58. The molecule has 110 valence electrons.